The van der Waals surface area contributed by atoms with Gasteiger partial charge >= 0.3 is 0 Å². The van der Waals surface area contributed by atoms with Crippen molar-refractivity contribution in [2.45, 2.75) is 38.9 Å². The second kappa shape index (κ2) is 7.88. The van der Waals surface area contributed by atoms with Gasteiger partial charge in [-0.05, 0) is 36.8 Å². The Balaban J connectivity index is 1.50. The van der Waals surface area contributed by atoms with Crippen LogP contribution in [0.25, 0.3) is 0 Å². The molecule has 6 heteroatoms. The van der Waals surface area contributed by atoms with Crippen LogP contribution in [-0.4, -0.2) is 28.5 Å². The summed E-state index contributed by atoms with van der Waals surface area (Å²) in [6, 6.07) is 10.0. The molecule has 1 unspecified atom stereocenters. The van der Waals surface area contributed by atoms with Crippen LogP contribution in [0.1, 0.15) is 53.4 Å². The topological polar surface area (TPSA) is 63.6 Å². The highest BCUT2D eigenvalue weighted by molar-refractivity contribution is 5.91. The van der Waals surface area contributed by atoms with Crippen LogP contribution in [0.3, 0.4) is 0 Å². The van der Waals surface area contributed by atoms with E-state index in [1.165, 1.54) is 5.69 Å². The summed E-state index contributed by atoms with van der Waals surface area (Å²) in [7, 11) is 0. The highest BCUT2D eigenvalue weighted by Gasteiger charge is 2.30. The quantitative estimate of drug-likeness (QED) is 0.645. The molecular formula is C21H25N3O3. The summed E-state index contributed by atoms with van der Waals surface area (Å²) >= 11 is 0. The number of hydrogen-bond acceptors (Lipinski definition) is 4. The second-order valence-corrected chi connectivity index (χ2v) is 6.93. The third-order valence-electron chi connectivity index (χ3n) is 5.06. The van der Waals surface area contributed by atoms with Crippen molar-refractivity contribution < 1.29 is 13.6 Å². The lowest BCUT2D eigenvalue weighted by Gasteiger charge is -2.36. The first-order valence-electron chi connectivity index (χ1n) is 9.54. The number of amides is 1. The zero-order valence-electron chi connectivity index (χ0n) is 15.6. The highest BCUT2D eigenvalue weighted by Crippen LogP contribution is 2.33. The second-order valence-electron chi connectivity index (χ2n) is 6.93. The third-order valence-corrected chi connectivity index (χ3v) is 5.06. The Morgan fingerprint density at radius 1 is 1.26 bits per heavy atom. The normalized spacial score (nSPS) is 17.0. The van der Waals surface area contributed by atoms with Gasteiger partial charge in [0.2, 0.25) is 0 Å². The van der Waals surface area contributed by atoms with Crippen LogP contribution in [-0.2, 0) is 13.1 Å². The maximum absolute atomic E-state index is 12.2. The predicted molar refractivity (Wildman–Crippen MR) is 101 cm³/mol. The number of fused-ring (bicyclic) bond motifs is 1. The molecule has 1 atom stereocenters. The van der Waals surface area contributed by atoms with Crippen molar-refractivity contribution in [1.82, 2.24) is 14.8 Å². The van der Waals surface area contributed by atoms with Crippen LogP contribution in [0.2, 0.25) is 0 Å². The SMILES string of the molecule is CCCCNC(=O)c1ccc(CN2CCn3cccc3C2c2ccoc2)o1. The molecule has 6 nitrogen and oxygen atoms in total. The Hall–Kier alpha value is -2.73. The first kappa shape index (κ1) is 17.7. The zero-order valence-corrected chi connectivity index (χ0v) is 15.6. The highest BCUT2D eigenvalue weighted by atomic mass is 16.4. The maximum atomic E-state index is 12.2. The number of carbonyl (C=O) groups is 1. The van der Waals surface area contributed by atoms with E-state index in [4.69, 9.17) is 8.83 Å². The largest absolute Gasteiger partial charge is 0.472 e. The Bertz CT molecular complexity index is 878. The lowest BCUT2D eigenvalue weighted by Crippen LogP contribution is -2.37. The van der Waals surface area contributed by atoms with E-state index in [9.17, 15) is 4.79 Å². The third kappa shape index (κ3) is 3.71. The lowest BCUT2D eigenvalue weighted by atomic mass is 10.0. The van der Waals surface area contributed by atoms with Crippen molar-refractivity contribution in [1.29, 1.82) is 0 Å². The molecule has 0 saturated carbocycles. The summed E-state index contributed by atoms with van der Waals surface area (Å²) in [6.45, 7) is 5.25. The van der Waals surface area contributed by atoms with Gasteiger partial charge in [0.1, 0.15) is 5.76 Å². The van der Waals surface area contributed by atoms with Crippen molar-refractivity contribution in [3.05, 3.63) is 71.8 Å². The molecule has 1 N–H and O–H groups in total. The van der Waals surface area contributed by atoms with Crippen LogP contribution in [0, 0.1) is 0 Å². The van der Waals surface area contributed by atoms with Gasteiger partial charge in [0, 0.05) is 37.1 Å². The Kier molecular flexibility index (Phi) is 5.16. The number of aromatic nitrogens is 1. The van der Waals surface area contributed by atoms with E-state index in [2.05, 4.69) is 40.0 Å². The molecule has 1 aliphatic rings. The van der Waals surface area contributed by atoms with Crippen LogP contribution >= 0.6 is 0 Å². The molecule has 0 radical (unpaired) electrons. The van der Waals surface area contributed by atoms with Crippen molar-refractivity contribution in [3.63, 3.8) is 0 Å². The van der Waals surface area contributed by atoms with Gasteiger partial charge in [0.25, 0.3) is 5.91 Å². The Morgan fingerprint density at radius 3 is 3.00 bits per heavy atom. The summed E-state index contributed by atoms with van der Waals surface area (Å²) in [6.07, 6.45) is 7.65. The molecule has 27 heavy (non-hydrogen) atoms. The molecule has 0 aromatic carbocycles. The smallest absolute Gasteiger partial charge is 0.286 e. The van der Waals surface area contributed by atoms with E-state index in [-0.39, 0.29) is 11.9 Å². The van der Waals surface area contributed by atoms with Crippen LogP contribution < -0.4 is 5.32 Å². The molecule has 0 aliphatic carbocycles. The monoisotopic (exact) mass is 367 g/mol. The fraction of sp³-hybridized carbons (Fsp3) is 0.381. The molecule has 1 aliphatic heterocycles. The van der Waals surface area contributed by atoms with E-state index in [0.717, 1.165) is 37.3 Å². The fourth-order valence-electron chi connectivity index (χ4n) is 3.66. The molecule has 0 spiro atoms. The fourth-order valence-corrected chi connectivity index (χ4v) is 3.66. The summed E-state index contributed by atoms with van der Waals surface area (Å²) in [5.74, 6) is 1.03. The van der Waals surface area contributed by atoms with Crippen molar-refractivity contribution >= 4 is 5.91 Å². The maximum Gasteiger partial charge on any atom is 0.286 e. The average molecular weight is 367 g/mol. The van der Waals surface area contributed by atoms with E-state index in [0.29, 0.717) is 18.8 Å². The van der Waals surface area contributed by atoms with Gasteiger partial charge in [-0.3, -0.25) is 9.69 Å². The average Bonchev–Trinajstić information content (AvgIpc) is 3.43. The minimum absolute atomic E-state index is 0.111. The number of rotatable bonds is 7. The van der Waals surface area contributed by atoms with Gasteiger partial charge in [-0.2, -0.15) is 0 Å². The molecule has 3 aromatic heterocycles. The Morgan fingerprint density at radius 2 is 2.19 bits per heavy atom. The number of nitrogens with one attached hydrogen (secondary N) is 1. The molecule has 0 bridgehead atoms. The van der Waals surface area contributed by atoms with Gasteiger partial charge in [0.05, 0.1) is 25.1 Å². The number of hydrogen-bond donors (Lipinski definition) is 1. The Labute approximate surface area is 158 Å². The van der Waals surface area contributed by atoms with Gasteiger partial charge in [-0.15, -0.1) is 0 Å². The molecule has 3 aromatic rings. The van der Waals surface area contributed by atoms with Crippen molar-refractivity contribution in [3.8, 4) is 0 Å². The zero-order chi connectivity index (χ0) is 18.6. The van der Waals surface area contributed by atoms with E-state index in [1.54, 1.807) is 18.6 Å². The first-order chi connectivity index (χ1) is 13.3. The molecular weight excluding hydrogens is 342 g/mol. The summed E-state index contributed by atoms with van der Waals surface area (Å²) in [5, 5.41) is 2.90. The van der Waals surface area contributed by atoms with Crippen LogP contribution in [0.4, 0.5) is 0 Å². The summed E-state index contributed by atoms with van der Waals surface area (Å²) in [5.41, 5.74) is 2.37. The van der Waals surface area contributed by atoms with Crippen LogP contribution in [0.5, 0.6) is 0 Å². The standard InChI is InChI=1S/C21H25N3O3/c1-2-3-9-22-21(25)19-7-6-17(27-19)14-24-12-11-23-10-4-5-18(23)20(24)16-8-13-26-15-16/h4-8,10,13,15,20H,2-3,9,11-12,14H2,1H3,(H,22,25). The first-order valence-corrected chi connectivity index (χ1v) is 9.54. The molecule has 142 valence electrons. The molecule has 0 fully saturated rings. The number of furan rings is 2. The molecule has 4 heterocycles. The van der Waals surface area contributed by atoms with Crippen molar-refractivity contribution in [2.24, 2.45) is 0 Å². The van der Waals surface area contributed by atoms with Gasteiger partial charge in [0.15, 0.2) is 5.76 Å². The van der Waals surface area contributed by atoms with Crippen molar-refractivity contribution in [2.75, 3.05) is 13.1 Å². The van der Waals surface area contributed by atoms with Gasteiger partial charge in [-0.25, -0.2) is 0 Å². The van der Waals surface area contributed by atoms with E-state index >= 15 is 0 Å². The number of unbranched alkanes of at least 4 members (excludes halogenated alkanes) is 1. The molecule has 0 saturated heterocycles. The lowest BCUT2D eigenvalue weighted by molar-refractivity contribution is 0.0919. The predicted octanol–water partition coefficient (Wildman–Crippen LogP) is 3.81. The summed E-state index contributed by atoms with van der Waals surface area (Å²) < 4.78 is 13.4. The number of nitrogens with zero attached hydrogens (tertiary/aromatic N) is 2. The summed E-state index contributed by atoms with van der Waals surface area (Å²) in [4.78, 5) is 14.5. The van der Waals surface area contributed by atoms with Crippen LogP contribution in [0.15, 0.2) is 57.9 Å². The van der Waals surface area contributed by atoms with Gasteiger partial charge in [-0.1, -0.05) is 13.3 Å². The van der Waals surface area contributed by atoms with E-state index < -0.39 is 0 Å². The molecule has 1 amide bonds. The molecule has 4 rings (SSSR count). The number of carbonyl (C=O) groups excluding carboxylic acids is 1. The minimum Gasteiger partial charge on any atom is -0.472 e. The van der Waals surface area contributed by atoms with E-state index in [1.807, 2.05) is 12.1 Å². The van der Waals surface area contributed by atoms with Gasteiger partial charge < -0.3 is 18.7 Å². The minimum atomic E-state index is -0.145.